The van der Waals surface area contributed by atoms with Gasteiger partial charge in [0.15, 0.2) is 5.96 Å². The van der Waals surface area contributed by atoms with Gasteiger partial charge in [-0.3, -0.25) is 4.99 Å². The lowest BCUT2D eigenvalue weighted by molar-refractivity contribution is 0.394. The quantitative estimate of drug-likeness (QED) is 0.319. The van der Waals surface area contributed by atoms with Crippen molar-refractivity contribution in [3.63, 3.8) is 0 Å². The average molecular weight is 442 g/mol. The minimum absolute atomic E-state index is 0.123. The molecule has 1 unspecified atom stereocenters. The number of methoxy groups -OCH3 is 2. The average Bonchev–Trinajstić information content (AvgIpc) is 3.23. The van der Waals surface area contributed by atoms with E-state index in [4.69, 9.17) is 9.47 Å². The van der Waals surface area contributed by atoms with E-state index < -0.39 is 10.0 Å². The lowest BCUT2D eigenvalue weighted by atomic mass is 10.2. The zero-order chi connectivity index (χ0) is 22.1. The fourth-order valence-electron chi connectivity index (χ4n) is 3.34. The van der Waals surface area contributed by atoms with Crippen molar-refractivity contribution in [2.45, 2.75) is 25.8 Å². The molecule has 9 nitrogen and oxygen atoms in total. The van der Waals surface area contributed by atoms with Crippen LogP contribution in [0.1, 0.15) is 19.8 Å². The molecule has 0 saturated carbocycles. The highest BCUT2D eigenvalue weighted by Crippen LogP contribution is 2.30. The third-order valence-corrected chi connectivity index (χ3v) is 7.10. The second-order valence-electron chi connectivity index (χ2n) is 7.22. The Morgan fingerprint density at radius 1 is 1.27 bits per heavy atom. The van der Waals surface area contributed by atoms with Gasteiger partial charge in [0, 0.05) is 70.2 Å². The molecule has 1 fully saturated rings. The molecule has 0 aliphatic carbocycles. The van der Waals surface area contributed by atoms with Crippen LogP contribution in [0.2, 0.25) is 0 Å². The second kappa shape index (κ2) is 11.3. The van der Waals surface area contributed by atoms with Crippen LogP contribution in [0.15, 0.2) is 23.2 Å². The topological polar surface area (TPSA) is 95.5 Å². The van der Waals surface area contributed by atoms with Crippen molar-refractivity contribution in [3.05, 3.63) is 18.2 Å². The normalized spacial score (nSPS) is 17.3. The monoisotopic (exact) mass is 441 g/mol. The smallest absolute Gasteiger partial charge is 0.213 e. The molecule has 30 heavy (non-hydrogen) atoms. The van der Waals surface area contributed by atoms with E-state index in [1.807, 2.05) is 18.2 Å². The summed E-state index contributed by atoms with van der Waals surface area (Å²) in [4.78, 5) is 6.58. The molecule has 2 rings (SSSR count). The van der Waals surface area contributed by atoms with Gasteiger partial charge in [-0.25, -0.2) is 12.7 Å². The number of aliphatic imine (C=N–C) groups is 1. The third kappa shape index (κ3) is 6.66. The molecular weight excluding hydrogens is 406 g/mol. The van der Waals surface area contributed by atoms with Crippen LogP contribution in [0.25, 0.3) is 0 Å². The number of rotatable bonds is 10. The van der Waals surface area contributed by atoms with Gasteiger partial charge in [-0.05, 0) is 19.8 Å². The fraction of sp³-hybridized carbons (Fsp3) is 0.650. The van der Waals surface area contributed by atoms with Gasteiger partial charge in [0.2, 0.25) is 10.0 Å². The molecule has 1 aromatic rings. The van der Waals surface area contributed by atoms with Crippen molar-refractivity contribution in [1.82, 2.24) is 14.9 Å². The minimum Gasteiger partial charge on any atom is -0.497 e. The van der Waals surface area contributed by atoms with E-state index in [1.165, 1.54) is 4.31 Å². The summed E-state index contributed by atoms with van der Waals surface area (Å²) >= 11 is 0. The number of hydrogen-bond donors (Lipinski definition) is 2. The molecule has 0 bridgehead atoms. The number of nitrogens with zero attached hydrogens (tertiary/aromatic N) is 3. The summed E-state index contributed by atoms with van der Waals surface area (Å²) in [7, 11) is 3.53. The molecule has 1 atom stereocenters. The molecule has 0 amide bonds. The summed E-state index contributed by atoms with van der Waals surface area (Å²) in [6.45, 7) is 4.54. The van der Waals surface area contributed by atoms with Gasteiger partial charge >= 0.3 is 0 Å². The third-order valence-electron chi connectivity index (χ3n) is 5.24. The first kappa shape index (κ1) is 24.1. The Morgan fingerprint density at radius 2 is 1.93 bits per heavy atom. The van der Waals surface area contributed by atoms with E-state index in [9.17, 15) is 8.42 Å². The van der Waals surface area contributed by atoms with Crippen LogP contribution in [0.5, 0.6) is 11.5 Å². The summed E-state index contributed by atoms with van der Waals surface area (Å²) in [6.07, 6.45) is 1.69. The number of nitrogens with one attached hydrogen (secondary N) is 2. The lowest BCUT2D eigenvalue weighted by Crippen LogP contribution is -2.45. The van der Waals surface area contributed by atoms with E-state index in [0.717, 1.165) is 42.7 Å². The van der Waals surface area contributed by atoms with Gasteiger partial charge in [-0.2, -0.15) is 0 Å². The summed E-state index contributed by atoms with van der Waals surface area (Å²) in [5.74, 6) is 2.39. The molecule has 1 aromatic carbocycles. The van der Waals surface area contributed by atoms with Crippen molar-refractivity contribution >= 4 is 21.7 Å². The largest absolute Gasteiger partial charge is 0.497 e. The van der Waals surface area contributed by atoms with E-state index in [0.29, 0.717) is 19.5 Å². The van der Waals surface area contributed by atoms with E-state index in [-0.39, 0.29) is 11.8 Å². The Labute approximate surface area is 180 Å². The van der Waals surface area contributed by atoms with Crippen LogP contribution >= 0.6 is 0 Å². The molecule has 1 aliphatic rings. The number of hydrogen-bond acceptors (Lipinski definition) is 6. The van der Waals surface area contributed by atoms with Crippen LogP contribution < -0.4 is 25.0 Å². The van der Waals surface area contributed by atoms with Crippen LogP contribution in [-0.4, -0.2) is 85.0 Å². The molecule has 10 heteroatoms. The predicted octanol–water partition coefficient (Wildman–Crippen LogP) is 1.12. The van der Waals surface area contributed by atoms with Gasteiger partial charge in [0.25, 0.3) is 0 Å². The van der Waals surface area contributed by atoms with Gasteiger partial charge in [0.05, 0.1) is 20.0 Å². The van der Waals surface area contributed by atoms with E-state index in [1.54, 1.807) is 35.2 Å². The highest BCUT2D eigenvalue weighted by Gasteiger charge is 2.24. The molecular formula is C20H35N5O4S. The molecule has 0 radical (unpaired) electrons. The number of guanidine groups is 1. The molecule has 1 heterocycles. The maximum Gasteiger partial charge on any atom is 0.213 e. The summed E-state index contributed by atoms with van der Waals surface area (Å²) in [6, 6.07) is 6.15. The first-order valence-electron chi connectivity index (χ1n) is 10.2. The fourth-order valence-corrected chi connectivity index (χ4v) is 4.19. The van der Waals surface area contributed by atoms with Gasteiger partial charge in [0.1, 0.15) is 11.5 Å². The number of anilines is 1. The van der Waals surface area contributed by atoms with Crippen molar-refractivity contribution < 1.29 is 17.9 Å². The number of sulfonamides is 1. The second-order valence-corrected chi connectivity index (χ2v) is 9.59. The maximum absolute atomic E-state index is 11.8. The molecule has 0 spiro atoms. The summed E-state index contributed by atoms with van der Waals surface area (Å²) in [5, 5.41) is 6.73. The first-order valence-corrected chi connectivity index (χ1v) is 11.8. The van der Waals surface area contributed by atoms with Crippen molar-refractivity contribution in [2.24, 2.45) is 4.99 Å². The van der Waals surface area contributed by atoms with Gasteiger partial charge < -0.3 is 25.0 Å². The zero-order valence-corrected chi connectivity index (χ0v) is 19.5. The Hall–Kier alpha value is -2.20. The Bertz CT molecular complexity index is 793. The Morgan fingerprint density at radius 3 is 2.50 bits per heavy atom. The van der Waals surface area contributed by atoms with Gasteiger partial charge in [-0.1, -0.05) is 0 Å². The molecule has 2 N–H and O–H groups in total. The van der Waals surface area contributed by atoms with Crippen molar-refractivity contribution in [1.29, 1.82) is 0 Å². The van der Waals surface area contributed by atoms with Crippen molar-refractivity contribution in [2.75, 3.05) is 65.1 Å². The van der Waals surface area contributed by atoms with Crippen molar-refractivity contribution in [3.8, 4) is 11.5 Å². The van der Waals surface area contributed by atoms with Gasteiger partial charge in [-0.15, -0.1) is 0 Å². The first-order chi connectivity index (χ1) is 14.3. The van der Waals surface area contributed by atoms with E-state index in [2.05, 4.69) is 20.5 Å². The zero-order valence-electron chi connectivity index (χ0n) is 18.6. The lowest BCUT2D eigenvalue weighted by Gasteiger charge is -2.22. The predicted molar refractivity (Wildman–Crippen MR) is 121 cm³/mol. The minimum atomic E-state index is -3.13. The Balaban J connectivity index is 1.82. The number of benzene rings is 1. The molecule has 1 aliphatic heterocycles. The highest BCUT2D eigenvalue weighted by atomic mass is 32.2. The van der Waals surface area contributed by atoms with E-state index >= 15 is 0 Å². The number of ether oxygens (including phenoxy) is 2. The SMILES string of the molecule is CCS(=O)(=O)N(C)CCCNC(=NC)NC1CCN(c2cc(OC)cc(OC)c2)C1. The highest BCUT2D eigenvalue weighted by molar-refractivity contribution is 7.89. The summed E-state index contributed by atoms with van der Waals surface area (Å²) in [5.41, 5.74) is 1.07. The molecule has 170 valence electrons. The molecule has 1 saturated heterocycles. The van der Waals surface area contributed by atoms with Crippen LogP contribution in [-0.2, 0) is 10.0 Å². The van der Waals surface area contributed by atoms with Crippen LogP contribution in [0, 0.1) is 0 Å². The van der Waals surface area contributed by atoms with Crippen LogP contribution in [0.3, 0.4) is 0 Å². The summed E-state index contributed by atoms with van der Waals surface area (Å²) < 4.78 is 35.7. The molecule has 0 aromatic heterocycles. The Kier molecular flexibility index (Phi) is 9.04. The van der Waals surface area contributed by atoms with Crippen LogP contribution in [0.4, 0.5) is 5.69 Å². The maximum atomic E-state index is 11.8. The standard InChI is InChI=1S/C20H35N5O4S/c1-6-30(26,27)24(3)10-7-9-22-20(21-2)23-16-8-11-25(15-16)17-12-18(28-4)14-19(13-17)29-5/h12-14,16H,6-11,15H2,1-5H3,(H2,21,22,23).